The van der Waals surface area contributed by atoms with Crippen LogP contribution in [-0.4, -0.2) is 44.5 Å². The molecule has 0 fully saturated rings. The summed E-state index contributed by atoms with van der Waals surface area (Å²) in [5.41, 5.74) is 5.02. The van der Waals surface area contributed by atoms with Gasteiger partial charge in [-0.3, -0.25) is 4.79 Å². The fraction of sp³-hybridized carbons (Fsp3) is 0.875. The lowest BCUT2D eigenvalue weighted by Gasteiger charge is -2.14. The first-order valence-electron chi connectivity index (χ1n) is 4.28. The summed E-state index contributed by atoms with van der Waals surface area (Å²) in [6.07, 6.45) is 1.56. The van der Waals surface area contributed by atoms with E-state index in [4.69, 9.17) is 5.73 Å². The third-order valence-corrected chi connectivity index (χ3v) is 1.71. The molecule has 0 spiro atoms. The molecule has 0 saturated heterocycles. The minimum atomic E-state index is -0.226. The first-order valence-corrected chi connectivity index (χ1v) is 4.28. The maximum absolute atomic E-state index is 10.4. The SMILES string of the molecule is CNCCCN(C)CCC(N)=O. The molecule has 0 rings (SSSR count). The molecule has 4 heteroatoms. The van der Waals surface area contributed by atoms with E-state index in [1.54, 1.807) is 0 Å². The van der Waals surface area contributed by atoms with Crippen LogP contribution in [0.15, 0.2) is 0 Å². The van der Waals surface area contributed by atoms with E-state index in [-0.39, 0.29) is 5.91 Å². The molecule has 0 aliphatic rings. The highest BCUT2D eigenvalue weighted by Gasteiger charge is 1.99. The number of hydrogen-bond acceptors (Lipinski definition) is 3. The van der Waals surface area contributed by atoms with Gasteiger partial charge >= 0.3 is 0 Å². The minimum Gasteiger partial charge on any atom is -0.370 e. The maximum atomic E-state index is 10.4. The van der Waals surface area contributed by atoms with Crippen molar-refractivity contribution in [2.45, 2.75) is 12.8 Å². The zero-order chi connectivity index (χ0) is 9.40. The highest BCUT2D eigenvalue weighted by molar-refractivity contribution is 5.73. The van der Waals surface area contributed by atoms with Crippen molar-refractivity contribution in [1.82, 2.24) is 10.2 Å². The molecular weight excluding hydrogens is 154 g/mol. The van der Waals surface area contributed by atoms with Crippen molar-refractivity contribution >= 4 is 5.91 Å². The quantitative estimate of drug-likeness (QED) is 0.506. The van der Waals surface area contributed by atoms with Crippen LogP contribution in [0, 0.1) is 0 Å². The van der Waals surface area contributed by atoms with Gasteiger partial charge in [-0.15, -0.1) is 0 Å². The van der Waals surface area contributed by atoms with Gasteiger partial charge in [-0.2, -0.15) is 0 Å². The Morgan fingerprint density at radius 3 is 2.67 bits per heavy atom. The second kappa shape index (κ2) is 7.06. The van der Waals surface area contributed by atoms with E-state index in [9.17, 15) is 4.79 Å². The Kier molecular flexibility index (Phi) is 6.70. The van der Waals surface area contributed by atoms with E-state index >= 15 is 0 Å². The molecule has 0 bridgehead atoms. The van der Waals surface area contributed by atoms with Gasteiger partial charge in [0, 0.05) is 13.0 Å². The van der Waals surface area contributed by atoms with E-state index in [1.807, 2.05) is 14.1 Å². The van der Waals surface area contributed by atoms with Gasteiger partial charge in [-0.05, 0) is 33.6 Å². The van der Waals surface area contributed by atoms with Crippen LogP contribution in [0.25, 0.3) is 0 Å². The molecule has 72 valence electrons. The lowest BCUT2D eigenvalue weighted by molar-refractivity contribution is -0.118. The van der Waals surface area contributed by atoms with E-state index in [0.29, 0.717) is 6.42 Å². The smallest absolute Gasteiger partial charge is 0.218 e. The summed E-state index contributed by atoms with van der Waals surface area (Å²) in [7, 11) is 3.93. The second-order valence-electron chi connectivity index (χ2n) is 2.98. The maximum Gasteiger partial charge on any atom is 0.218 e. The molecule has 4 nitrogen and oxygen atoms in total. The van der Waals surface area contributed by atoms with Gasteiger partial charge in [0.15, 0.2) is 0 Å². The Hall–Kier alpha value is -0.610. The number of nitrogens with two attached hydrogens (primary N) is 1. The van der Waals surface area contributed by atoms with Gasteiger partial charge in [0.2, 0.25) is 5.91 Å². The second-order valence-corrected chi connectivity index (χ2v) is 2.98. The lowest BCUT2D eigenvalue weighted by atomic mass is 10.3. The molecule has 0 aromatic heterocycles. The normalized spacial score (nSPS) is 10.6. The summed E-state index contributed by atoms with van der Waals surface area (Å²) in [4.78, 5) is 12.5. The first-order chi connectivity index (χ1) is 5.66. The van der Waals surface area contributed by atoms with Crippen LogP contribution in [0.2, 0.25) is 0 Å². The van der Waals surface area contributed by atoms with Gasteiger partial charge in [0.25, 0.3) is 0 Å². The van der Waals surface area contributed by atoms with Gasteiger partial charge in [0.1, 0.15) is 0 Å². The molecule has 0 atom stereocenters. The van der Waals surface area contributed by atoms with Crippen LogP contribution in [-0.2, 0) is 4.79 Å². The molecule has 12 heavy (non-hydrogen) atoms. The molecular formula is C8H19N3O. The Balaban J connectivity index is 3.21. The number of carbonyl (C=O) groups is 1. The summed E-state index contributed by atoms with van der Waals surface area (Å²) in [5, 5.41) is 3.07. The van der Waals surface area contributed by atoms with Gasteiger partial charge < -0.3 is 16.0 Å². The molecule has 0 radical (unpaired) electrons. The number of nitrogens with zero attached hydrogens (tertiary/aromatic N) is 1. The van der Waals surface area contributed by atoms with Crippen molar-refractivity contribution in [3.8, 4) is 0 Å². The number of carbonyl (C=O) groups excluding carboxylic acids is 1. The van der Waals surface area contributed by atoms with Crippen molar-refractivity contribution in [2.75, 3.05) is 33.7 Å². The molecule has 0 heterocycles. The number of rotatable bonds is 7. The number of nitrogens with one attached hydrogen (secondary N) is 1. The topological polar surface area (TPSA) is 58.4 Å². The Bertz CT molecular complexity index is 127. The van der Waals surface area contributed by atoms with Gasteiger partial charge in [0.05, 0.1) is 0 Å². The molecule has 3 N–H and O–H groups in total. The molecule has 0 aromatic rings. The Labute approximate surface area is 74.1 Å². The van der Waals surface area contributed by atoms with Crippen LogP contribution in [0.1, 0.15) is 12.8 Å². The predicted molar refractivity (Wildman–Crippen MR) is 49.9 cm³/mol. The van der Waals surface area contributed by atoms with Crippen LogP contribution >= 0.6 is 0 Å². The lowest BCUT2D eigenvalue weighted by Crippen LogP contribution is -2.27. The zero-order valence-corrected chi connectivity index (χ0v) is 7.97. The standard InChI is InChI=1S/C8H19N3O/c1-10-5-3-6-11(2)7-4-8(9)12/h10H,3-7H2,1-2H3,(H2,9,12). The van der Waals surface area contributed by atoms with Crippen molar-refractivity contribution in [2.24, 2.45) is 5.73 Å². The molecule has 0 saturated carbocycles. The summed E-state index contributed by atoms with van der Waals surface area (Å²) < 4.78 is 0. The van der Waals surface area contributed by atoms with Crippen LogP contribution in [0.3, 0.4) is 0 Å². The minimum absolute atomic E-state index is 0.226. The highest BCUT2D eigenvalue weighted by Crippen LogP contribution is 1.88. The van der Waals surface area contributed by atoms with Crippen molar-refractivity contribution in [3.05, 3.63) is 0 Å². The fourth-order valence-corrected chi connectivity index (χ4v) is 0.939. The van der Waals surface area contributed by atoms with Crippen molar-refractivity contribution in [1.29, 1.82) is 0 Å². The summed E-state index contributed by atoms with van der Waals surface area (Å²) in [5.74, 6) is -0.226. The summed E-state index contributed by atoms with van der Waals surface area (Å²) in [6.45, 7) is 2.79. The average molecular weight is 173 g/mol. The Morgan fingerprint density at radius 2 is 2.17 bits per heavy atom. The van der Waals surface area contributed by atoms with E-state index in [1.165, 1.54) is 0 Å². The van der Waals surface area contributed by atoms with E-state index in [2.05, 4.69) is 10.2 Å². The highest BCUT2D eigenvalue weighted by atomic mass is 16.1. The van der Waals surface area contributed by atoms with Crippen molar-refractivity contribution < 1.29 is 4.79 Å². The fourth-order valence-electron chi connectivity index (χ4n) is 0.939. The van der Waals surface area contributed by atoms with Gasteiger partial charge in [-0.1, -0.05) is 0 Å². The van der Waals surface area contributed by atoms with Crippen LogP contribution < -0.4 is 11.1 Å². The number of amides is 1. The van der Waals surface area contributed by atoms with E-state index < -0.39 is 0 Å². The molecule has 1 amide bonds. The third kappa shape index (κ3) is 7.50. The summed E-state index contributed by atoms with van der Waals surface area (Å²) >= 11 is 0. The first kappa shape index (κ1) is 11.4. The Morgan fingerprint density at radius 1 is 1.50 bits per heavy atom. The van der Waals surface area contributed by atoms with E-state index in [0.717, 1.165) is 26.1 Å². The van der Waals surface area contributed by atoms with Gasteiger partial charge in [-0.25, -0.2) is 0 Å². The number of hydrogen-bond donors (Lipinski definition) is 2. The average Bonchev–Trinajstić information content (AvgIpc) is 2.01. The zero-order valence-electron chi connectivity index (χ0n) is 7.97. The number of primary amides is 1. The monoisotopic (exact) mass is 173 g/mol. The third-order valence-electron chi connectivity index (χ3n) is 1.71. The molecule has 0 aliphatic heterocycles. The van der Waals surface area contributed by atoms with Crippen LogP contribution in [0.5, 0.6) is 0 Å². The predicted octanol–water partition coefficient (Wildman–Crippen LogP) is -0.597. The molecule has 0 aromatic carbocycles. The summed E-state index contributed by atoms with van der Waals surface area (Å²) in [6, 6.07) is 0. The van der Waals surface area contributed by atoms with Crippen LogP contribution in [0.4, 0.5) is 0 Å². The largest absolute Gasteiger partial charge is 0.370 e. The molecule has 0 unspecified atom stereocenters. The van der Waals surface area contributed by atoms with Crippen molar-refractivity contribution in [3.63, 3.8) is 0 Å². The molecule has 0 aliphatic carbocycles.